The standard InChI is InChI=1S/C28H19BrN2O4/c29-22-10-19(7-8-23(22)32-14-16-5-6-17-3-1-2-4-18(17)9-16)27-20-11-25-26(34-15-33-25)12-24(20)35-28(31)21(27)13-30/h1-12,27H,14-15,31H2/t27-/m0/s1. The highest BCUT2D eigenvalue weighted by molar-refractivity contribution is 9.10. The van der Waals surface area contributed by atoms with Crippen LogP contribution in [0.5, 0.6) is 23.0 Å². The topological polar surface area (TPSA) is 86.7 Å². The lowest BCUT2D eigenvalue weighted by Crippen LogP contribution is -2.21. The first kappa shape index (κ1) is 21.4. The molecule has 0 saturated carbocycles. The van der Waals surface area contributed by atoms with Crippen molar-refractivity contribution in [1.29, 1.82) is 5.26 Å². The number of rotatable bonds is 4. The zero-order valence-corrected chi connectivity index (χ0v) is 20.0. The van der Waals surface area contributed by atoms with Crippen molar-refractivity contribution in [2.24, 2.45) is 5.73 Å². The second kappa shape index (κ2) is 8.57. The second-order valence-electron chi connectivity index (χ2n) is 8.33. The van der Waals surface area contributed by atoms with Crippen molar-refractivity contribution >= 4 is 26.7 Å². The summed E-state index contributed by atoms with van der Waals surface area (Å²) in [6.07, 6.45) is 0. The zero-order valence-electron chi connectivity index (χ0n) is 18.5. The first-order valence-corrected chi connectivity index (χ1v) is 11.8. The van der Waals surface area contributed by atoms with Gasteiger partial charge in [0.15, 0.2) is 11.5 Å². The Labute approximate surface area is 210 Å². The molecule has 6 nitrogen and oxygen atoms in total. The molecular formula is C28H19BrN2O4. The maximum atomic E-state index is 9.86. The maximum absolute atomic E-state index is 9.86. The Morgan fingerprint density at radius 2 is 1.74 bits per heavy atom. The number of nitrogens with two attached hydrogens (primary N) is 1. The highest BCUT2D eigenvalue weighted by Crippen LogP contribution is 2.48. The van der Waals surface area contributed by atoms with E-state index >= 15 is 0 Å². The van der Waals surface area contributed by atoms with Gasteiger partial charge in [0, 0.05) is 11.6 Å². The number of halogens is 1. The molecule has 2 heterocycles. The van der Waals surface area contributed by atoms with Crippen LogP contribution in [-0.2, 0) is 6.61 Å². The summed E-state index contributed by atoms with van der Waals surface area (Å²) in [5.41, 5.74) is 9.21. The third-order valence-corrected chi connectivity index (χ3v) is 6.83. The molecule has 0 amide bonds. The van der Waals surface area contributed by atoms with Crippen LogP contribution in [-0.4, -0.2) is 6.79 Å². The number of nitriles is 1. The Hall–Kier alpha value is -4.15. The third-order valence-electron chi connectivity index (χ3n) is 6.21. The molecule has 2 N–H and O–H groups in total. The van der Waals surface area contributed by atoms with Crippen molar-refractivity contribution in [3.05, 3.63) is 105 Å². The van der Waals surface area contributed by atoms with Crippen molar-refractivity contribution < 1.29 is 18.9 Å². The quantitative estimate of drug-likeness (QED) is 0.344. The summed E-state index contributed by atoms with van der Waals surface area (Å²) in [6.45, 7) is 0.578. The molecular weight excluding hydrogens is 508 g/mol. The van der Waals surface area contributed by atoms with Crippen LogP contribution in [0.3, 0.4) is 0 Å². The van der Waals surface area contributed by atoms with Gasteiger partial charge in [0.2, 0.25) is 12.7 Å². The Kier molecular flexibility index (Phi) is 5.24. The molecule has 0 spiro atoms. The smallest absolute Gasteiger partial charge is 0.231 e. The molecule has 6 rings (SSSR count). The fourth-order valence-electron chi connectivity index (χ4n) is 4.49. The van der Waals surface area contributed by atoms with Gasteiger partial charge in [0.1, 0.15) is 29.7 Å². The summed E-state index contributed by atoms with van der Waals surface area (Å²) in [7, 11) is 0. The van der Waals surface area contributed by atoms with Crippen LogP contribution < -0.4 is 24.7 Å². The lowest BCUT2D eigenvalue weighted by molar-refractivity contribution is 0.174. The van der Waals surface area contributed by atoms with Crippen LogP contribution >= 0.6 is 15.9 Å². The van der Waals surface area contributed by atoms with E-state index in [2.05, 4.69) is 52.3 Å². The van der Waals surface area contributed by atoms with Gasteiger partial charge in [0.05, 0.1) is 10.4 Å². The third kappa shape index (κ3) is 3.82. The van der Waals surface area contributed by atoms with Crippen molar-refractivity contribution in [1.82, 2.24) is 0 Å². The summed E-state index contributed by atoms with van der Waals surface area (Å²) in [4.78, 5) is 0. The van der Waals surface area contributed by atoms with E-state index in [1.165, 1.54) is 10.8 Å². The summed E-state index contributed by atoms with van der Waals surface area (Å²) in [5, 5.41) is 12.2. The molecule has 0 bridgehead atoms. The average molecular weight is 527 g/mol. The van der Waals surface area contributed by atoms with E-state index in [9.17, 15) is 5.26 Å². The number of hydrogen-bond acceptors (Lipinski definition) is 6. The van der Waals surface area contributed by atoms with Crippen LogP contribution in [0.1, 0.15) is 22.6 Å². The Bertz CT molecular complexity index is 1560. The maximum Gasteiger partial charge on any atom is 0.231 e. The Morgan fingerprint density at radius 3 is 2.54 bits per heavy atom. The largest absolute Gasteiger partial charge is 0.488 e. The van der Waals surface area contributed by atoms with E-state index in [0.29, 0.717) is 35.2 Å². The number of ether oxygens (including phenoxy) is 4. The van der Waals surface area contributed by atoms with E-state index in [4.69, 9.17) is 24.7 Å². The van der Waals surface area contributed by atoms with Crippen LogP contribution in [0, 0.1) is 11.3 Å². The van der Waals surface area contributed by atoms with Gasteiger partial charge < -0.3 is 24.7 Å². The van der Waals surface area contributed by atoms with Crippen molar-refractivity contribution in [2.75, 3.05) is 6.79 Å². The van der Waals surface area contributed by atoms with E-state index in [0.717, 1.165) is 21.2 Å². The van der Waals surface area contributed by atoms with E-state index in [1.54, 1.807) is 6.07 Å². The Morgan fingerprint density at radius 1 is 0.943 bits per heavy atom. The fraction of sp³-hybridized carbons (Fsp3) is 0.107. The first-order valence-electron chi connectivity index (χ1n) is 11.0. The molecule has 7 heteroatoms. The van der Waals surface area contributed by atoms with Gasteiger partial charge >= 0.3 is 0 Å². The normalized spacial score (nSPS) is 15.9. The molecule has 4 aromatic carbocycles. The summed E-state index contributed by atoms with van der Waals surface area (Å²) in [5.74, 6) is 2.12. The van der Waals surface area contributed by atoms with Gasteiger partial charge in [-0.05, 0) is 62.1 Å². The van der Waals surface area contributed by atoms with Crippen LogP contribution in [0.15, 0.2) is 88.7 Å². The Balaban J connectivity index is 1.30. The van der Waals surface area contributed by atoms with Gasteiger partial charge in [-0.3, -0.25) is 0 Å². The molecule has 2 aliphatic rings. The molecule has 0 saturated heterocycles. The lowest BCUT2D eigenvalue weighted by atomic mass is 9.83. The van der Waals surface area contributed by atoms with Crippen molar-refractivity contribution in [3.63, 3.8) is 0 Å². The van der Waals surface area contributed by atoms with Gasteiger partial charge in [-0.25, -0.2) is 0 Å². The molecule has 4 aromatic rings. The molecule has 2 aliphatic heterocycles. The van der Waals surface area contributed by atoms with Gasteiger partial charge in [0.25, 0.3) is 0 Å². The zero-order chi connectivity index (χ0) is 23.9. The fourth-order valence-corrected chi connectivity index (χ4v) is 5.00. The molecule has 35 heavy (non-hydrogen) atoms. The lowest BCUT2D eigenvalue weighted by Gasteiger charge is -2.27. The molecule has 0 unspecified atom stereocenters. The second-order valence-corrected chi connectivity index (χ2v) is 9.18. The highest BCUT2D eigenvalue weighted by atomic mass is 79.9. The van der Waals surface area contributed by atoms with Crippen LogP contribution in [0.2, 0.25) is 0 Å². The van der Waals surface area contributed by atoms with E-state index in [1.807, 2.05) is 36.4 Å². The number of fused-ring (bicyclic) bond motifs is 3. The molecule has 0 fully saturated rings. The summed E-state index contributed by atoms with van der Waals surface area (Å²) in [6, 6.07) is 26.1. The number of benzene rings is 4. The molecule has 172 valence electrons. The van der Waals surface area contributed by atoms with Gasteiger partial charge in [-0.2, -0.15) is 5.26 Å². The average Bonchev–Trinajstić information content (AvgIpc) is 3.33. The first-order chi connectivity index (χ1) is 17.1. The van der Waals surface area contributed by atoms with Crippen LogP contribution in [0.25, 0.3) is 10.8 Å². The van der Waals surface area contributed by atoms with E-state index in [-0.39, 0.29) is 12.7 Å². The number of nitrogens with zero attached hydrogens (tertiary/aromatic N) is 1. The minimum Gasteiger partial charge on any atom is -0.488 e. The molecule has 0 radical (unpaired) electrons. The van der Waals surface area contributed by atoms with Crippen LogP contribution in [0.4, 0.5) is 0 Å². The molecule has 0 aromatic heterocycles. The minimum atomic E-state index is -0.413. The highest BCUT2D eigenvalue weighted by Gasteiger charge is 2.33. The SMILES string of the molecule is N#CC1=C(N)Oc2cc3c(cc2[C@@H]1c1ccc(OCc2ccc4ccccc4c2)c(Br)c1)OCO3. The molecule has 0 aliphatic carbocycles. The van der Waals surface area contributed by atoms with Crippen molar-refractivity contribution in [3.8, 4) is 29.1 Å². The minimum absolute atomic E-state index is 0.0802. The predicted octanol–water partition coefficient (Wildman–Crippen LogP) is 6.13. The number of allylic oxidation sites excluding steroid dienone is 1. The summed E-state index contributed by atoms with van der Waals surface area (Å²) >= 11 is 3.64. The number of hydrogen-bond donors (Lipinski definition) is 1. The summed E-state index contributed by atoms with van der Waals surface area (Å²) < 4.78 is 23.7. The van der Waals surface area contributed by atoms with E-state index < -0.39 is 5.92 Å². The predicted molar refractivity (Wildman–Crippen MR) is 134 cm³/mol. The monoisotopic (exact) mass is 526 g/mol. The van der Waals surface area contributed by atoms with Gasteiger partial charge in [-0.1, -0.05) is 42.5 Å². The van der Waals surface area contributed by atoms with Crippen molar-refractivity contribution in [2.45, 2.75) is 12.5 Å². The van der Waals surface area contributed by atoms with Gasteiger partial charge in [-0.15, -0.1) is 0 Å². The molecule has 1 atom stereocenters.